The monoisotopic (exact) mass is 335 g/mol. The van der Waals surface area contributed by atoms with Gasteiger partial charge < -0.3 is 19.1 Å². The first-order valence-electron chi connectivity index (χ1n) is 8.14. The van der Waals surface area contributed by atoms with Crippen molar-refractivity contribution >= 4 is 11.9 Å². The zero-order chi connectivity index (χ0) is 17.7. The molecular weight excluding hydrogens is 310 g/mol. The van der Waals surface area contributed by atoms with Crippen molar-refractivity contribution in [3.05, 3.63) is 23.8 Å². The van der Waals surface area contributed by atoms with E-state index in [0.717, 1.165) is 5.56 Å². The minimum atomic E-state index is -0.523. The van der Waals surface area contributed by atoms with Crippen molar-refractivity contribution in [2.75, 3.05) is 19.9 Å². The molecule has 2 rings (SSSR count). The van der Waals surface area contributed by atoms with Crippen LogP contribution in [-0.4, -0.2) is 36.7 Å². The standard InChI is InChI=1S/C18H25NO5/c1-5-22-16(20)8-9-19(17(21)18(2,3)4)11-13-6-7-14-15(10-13)24-12-23-14/h6-7,10H,5,8-9,11-12H2,1-4H3. The van der Waals surface area contributed by atoms with Crippen molar-refractivity contribution in [2.24, 2.45) is 5.41 Å². The Labute approximate surface area is 142 Å². The molecule has 0 fully saturated rings. The second-order valence-corrected chi connectivity index (χ2v) is 6.72. The molecule has 1 heterocycles. The molecule has 1 aromatic rings. The van der Waals surface area contributed by atoms with E-state index in [2.05, 4.69) is 0 Å². The molecule has 1 amide bonds. The summed E-state index contributed by atoms with van der Waals surface area (Å²) < 4.78 is 15.6. The van der Waals surface area contributed by atoms with Crippen LogP contribution >= 0.6 is 0 Å². The van der Waals surface area contributed by atoms with Crippen LogP contribution in [0.3, 0.4) is 0 Å². The average Bonchev–Trinajstić information content (AvgIpc) is 2.97. The fourth-order valence-electron chi connectivity index (χ4n) is 2.45. The van der Waals surface area contributed by atoms with E-state index in [4.69, 9.17) is 14.2 Å². The molecule has 132 valence electrons. The molecular formula is C18H25NO5. The molecule has 0 radical (unpaired) electrons. The van der Waals surface area contributed by atoms with E-state index >= 15 is 0 Å². The lowest BCUT2D eigenvalue weighted by atomic mass is 9.94. The summed E-state index contributed by atoms with van der Waals surface area (Å²) in [5, 5.41) is 0. The van der Waals surface area contributed by atoms with E-state index in [9.17, 15) is 9.59 Å². The lowest BCUT2D eigenvalue weighted by molar-refractivity contribution is -0.145. The van der Waals surface area contributed by atoms with Crippen molar-refractivity contribution in [1.29, 1.82) is 0 Å². The number of hydrogen-bond donors (Lipinski definition) is 0. The highest BCUT2D eigenvalue weighted by Crippen LogP contribution is 2.33. The van der Waals surface area contributed by atoms with Gasteiger partial charge in [-0.2, -0.15) is 0 Å². The highest BCUT2D eigenvalue weighted by molar-refractivity contribution is 5.82. The maximum atomic E-state index is 12.7. The molecule has 0 aliphatic carbocycles. The number of amides is 1. The van der Waals surface area contributed by atoms with Crippen LogP contribution < -0.4 is 9.47 Å². The van der Waals surface area contributed by atoms with Gasteiger partial charge in [-0.3, -0.25) is 9.59 Å². The minimum absolute atomic E-state index is 0.00975. The highest BCUT2D eigenvalue weighted by atomic mass is 16.7. The first kappa shape index (κ1) is 18.1. The summed E-state index contributed by atoms with van der Waals surface area (Å²) in [4.78, 5) is 26.0. The Morgan fingerprint density at radius 1 is 1.21 bits per heavy atom. The number of fused-ring (bicyclic) bond motifs is 1. The van der Waals surface area contributed by atoms with Crippen LogP contribution in [0, 0.1) is 5.41 Å². The van der Waals surface area contributed by atoms with Gasteiger partial charge in [0.25, 0.3) is 0 Å². The highest BCUT2D eigenvalue weighted by Gasteiger charge is 2.28. The minimum Gasteiger partial charge on any atom is -0.466 e. The summed E-state index contributed by atoms with van der Waals surface area (Å²) in [7, 11) is 0. The molecule has 6 heteroatoms. The Kier molecular flexibility index (Phi) is 5.70. The van der Waals surface area contributed by atoms with Gasteiger partial charge in [0.15, 0.2) is 11.5 Å². The van der Waals surface area contributed by atoms with Crippen molar-refractivity contribution in [3.63, 3.8) is 0 Å². The van der Waals surface area contributed by atoms with Crippen LogP contribution in [0.15, 0.2) is 18.2 Å². The molecule has 0 spiro atoms. The zero-order valence-electron chi connectivity index (χ0n) is 14.8. The van der Waals surface area contributed by atoms with Gasteiger partial charge in [0.1, 0.15) is 0 Å². The van der Waals surface area contributed by atoms with E-state index < -0.39 is 5.41 Å². The quantitative estimate of drug-likeness (QED) is 0.748. The third-order valence-electron chi connectivity index (χ3n) is 3.63. The predicted molar refractivity (Wildman–Crippen MR) is 88.7 cm³/mol. The van der Waals surface area contributed by atoms with Gasteiger partial charge in [0.2, 0.25) is 12.7 Å². The third kappa shape index (κ3) is 4.63. The molecule has 0 saturated carbocycles. The number of carbonyl (C=O) groups is 2. The van der Waals surface area contributed by atoms with E-state index in [0.29, 0.717) is 31.2 Å². The Hall–Kier alpha value is -2.24. The molecule has 24 heavy (non-hydrogen) atoms. The smallest absolute Gasteiger partial charge is 0.307 e. The predicted octanol–water partition coefficient (Wildman–Crippen LogP) is 2.74. The van der Waals surface area contributed by atoms with E-state index in [1.807, 2.05) is 39.0 Å². The van der Waals surface area contributed by atoms with Gasteiger partial charge in [-0.15, -0.1) is 0 Å². The normalized spacial score (nSPS) is 12.8. The largest absolute Gasteiger partial charge is 0.466 e. The second kappa shape index (κ2) is 7.55. The number of rotatable bonds is 6. The van der Waals surface area contributed by atoms with Crippen molar-refractivity contribution in [1.82, 2.24) is 4.90 Å². The van der Waals surface area contributed by atoms with Gasteiger partial charge in [-0.25, -0.2) is 0 Å². The first-order valence-corrected chi connectivity index (χ1v) is 8.14. The summed E-state index contributed by atoms with van der Waals surface area (Å²) in [6, 6.07) is 5.61. The average molecular weight is 335 g/mol. The molecule has 0 saturated heterocycles. The summed E-state index contributed by atoms with van der Waals surface area (Å²) in [6.45, 7) is 8.66. The van der Waals surface area contributed by atoms with Crippen molar-refractivity contribution in [2.45, 2.75) is 40.7 Å². The second-order valence-electron chi connectivity index (χ2n) is 6.72. The fraction of sp³-hybridized carbons (Fsp3) is 0.556. The van der Waals surface area contributed by atoms with Crippen LogP contribution in [0.25, 0.3) is 0 Å². The fourth-order valence-corrected chi connectivity index (χ4v) is 2.45. The van der Waals surface area contributed by atoms with Crippen LogP contribution in [0.5, 0.6) is 11.5 Å². The Morgan fingerprint density at radius 2 is 1.92 bits per heavy atom. The molecule has 0 unspecified atom stereocenters. The molecule has 1 aliphatic heterocycles. The SMILES string of the molecule is CCOC(=O)CCN(Cc1ccc2c(c1)OCO2)C(=O)C(C)(C)C. The number of nitrogens with zero attached hydrogens (tertiary/aromatic N) is 1. The van der Waals surface area contributed by atoms with Gasteiger partial charge in [-0.05, 0) is 24.6 Å². The van der Waals surface area contributed by atoms with Crippen LogP contribution in [0.2, 0.25) is 0 Å². The molecule has 0 aromatic heterocycles. The zero-order valence-corrected chi connectivity index (χ0v) is 14.8. The molecule has 0 N–H and O–H groups in total. The number of carbonyl (C=O) groups excluding carboxylic acids is 2. The van der Waals surface area contributed by atoms with Crippen molar-refractivity contribution < 1.29 is 23.8 Å². The van der Waals surface area contributed by atoms with Gasteiger partial charge in [-0.1, -0.05) is 26.8 Å². The van der Waals surface area contributed by atoms with E-state index in [1.165, 1.54) is 0 Å². The number of hydrogen-bond acceptors (Lipinski definition) is 5. The van der Waals surface area contributed by atoms with Gasteiger partial charge in [0.05, 0.1) is 13.0 Å². The maximum absolute atomic E-state index is 12.7. The summed E-state index contributed by atoms with van der Waals surface area (Å²) in [5.74, 6) is 1.08. The molecule has 1 aliphatic rings. The van der Waals surface area contributed by atoms with E-state index in [1.54, 1.807) is 11.8 Å². The Morgan fingerprint density at radius 3 is 2.58 bits per heavy atom. The van der Waals surface area contributed by atoms with Crippen LogP contribution in [0.4, 0.5) is 0 Å². The van der Waals surface area contributed by atoms with Crippen LogP contribution in [0.1, 0.15) is 39.7 Å². The first-order chi connectivity index (χ1) is 11.3. The summed E-state index contributed by atoms with van der Waals surface area (Å²) in [5.41, 5.74) is 0.408. The molecule has 0 atom stereocenters. The topological polar surface area (TPSA) is 65.1 Å². The summed E-state index contributed by atoms with van der Waals surface area (Å²) in [6.07, 6.45) is 0.181. The number of esters is 1. The van der Waals surface area contributed by atoms with E-state index in [-0.39, 0.29) is 25.1 Å². The third-order valence-corrected chi connectivity index (χ3v) is 3.63. The van der Waals surface area contributed by atoms with Crippen molar-refractivity contribution in [3.8, 4) is 11.5 Å². The van der Waals surface area contributed by atoms with Crippen LogP contribution in [-0.2, 0) is 20.9 Å². The molecule has 0 bridgehead atoms. The number of ether oxygens (including phenoxy) is 3. The lowest BCUT2D eigenvalue weighted by Crippen LogP contribution is -2.40. The Balaban J connectivity index is 2.10. The number of benzene rings is 1. The molecule has 1 aromatic carbocycles. The van der Waals surface area contributed by atoms with Gasteiger partial charge in [0, 0.05) is 18.5 Å². The van der Waals surface area contributed by atoms with Gasteiger partial charge >= 0.3 is 5.97 Å². The molecule has 6 nitrogen and oxygen atoms in total. The lowest BCUT2D eigenvalue weighted by Gasteiger charge is -2.29. The summed E-state index contributed by atoms with van der Waals surface area (Å²) >= 11 is 0. The maximum Gasteiger partial charge on any atom is 0.307 e. The Bertz CT molecular complexity index is 606.